The molecule has 0 saturated carbocycles. The van der Waals surface area contributed by atoms with Gasteiger partial charge in [-0.1, -0.05) is 18.0 Å². The minimum Gasteiger partial charge on any atom is -0.455 e. The van der Waals surface area contributed by atoms with Crippen LogP contribution in [0.25, 0.3) is 0 Å². The summed E-state index contributed by atoms with van der Waals surface area (Å²) in [5, 5.41) is 13.8. The van der Waals surface area contributed by atoms with Gasteiger partial charge in [0.2, 0.25) is 0 Å². The Balaban J connectivity index is 1.69. The number of halogens is 1. The molecule has 0 bridgehead atoms. The highest BCUT2D eigenvalue weighted by Crippen LogP contribution is 2.28. The van der Waals surface area contributed by atoms with E-state index in [2.05, 4.69) is 10.2 Å². The van der Waals surface area contributed by atoms with E-state index in [0.29, 0.717) is 12.3 Å². The highest BCUT2D eigenvalue weighted by atomic mass is 35.5. The van der Waals surface area contributed by atoms with Gasteiger partial charge < -0.3 is 9.73 Å². The van der Waals surface area contributed by atoms with E-state index in [1.807, 2.05) is 0 Å². The van der Waals surface area contributed by atoms with Gasteiger partial charge >= 0.3 is 0 Å². The minimum absolute atomic E-state index is 0.0772. The van der Waals surface area contributed by atoms with E-state index >= 15 is 0 Å². The first-order chi connectivity index (χ1) is 12.0. The molecule has 3 rings (SSSR count). The van der Waals surface area contributed by atoms with Crippen LogP contribution in [0.15, 0.2) is 34.7 Å². The highest BCUT2D eigenvalue weighted by Gasteiger charge is 2.20. The number of benzene rings is 1. The van der Waals surface area contributed by atoms with Crippen LogP contribution in [0.1, 0.15) is 35.6 Å². The van der Waals surface area contributed by atoms with Crippen LogP contribution in [-0.2, 0) is 6.54 Å². The van der Waals surface area contributed by atoms with Gasteiger partial charge in [0.1, 0.15) is 11.4 Å². The third kappa shape index (κ3) is 4.37. The van der Waals surface area contributed by atoms with Gasteiger partial charge in [0, 0.05) is 11.1 Å². The van der Waals surface area contributed by atoms with Gasteiger partial charge in [-0.25, -0.2) is 0 Å². The first kappa shape index (κ1) is 17.4. The molecule has 0 radical (unpaired) electrons. The van der Waals surface area contributed by atoms with Crippen LogP contribution in [-0.4, -0.2) is 28.8 Å². The second-order valence-electron chi connectivity index (χ2n) is 5.98. The second kappa shape index (κ2) is 7.67. The molecule has 0 unspecified atom stereocenters. The van der Waals surface area contributed by atoms with Crippen molar-refractivity contribution in [2.45, 2.75) is 25.8 Å². The van der Waals surface area contributed by atoms with Crippen molar-refractivity contribution in [2.75, 3.05) is 18.4 Å². The van der Waals surface area contributed by atoms with Crippen LogP contribution in [0, 0.1) is 10.1 Å². The SMILES string of the molecule is O=C(Nc1ccc(Cl)cc1[N+](=O)[O-])c1ccc(CN2CCCCC2)o1. The van der Waals surface area contributed by atoms with E-state index in [1.54, 1.807) is 12.1 Å². The average Bonchev–Trinajstić information content (AvgIpc) is 3.06. The summed E-state index contributed by atoms with van der Waals surface area (Å²) in [4.78, 5) is 25.1. The molecule has 132 valence electrons. The van der Waals surface area contributed by atoms with E-state index < -0.39 is 10.8 Å². The molecule has 1 aromatic carbocycles. The molecule has 8 heteroatoms. The number of rotatable bonds is 5. The molecule has 1 amide bonds. The predicted octanol–water partition coefficient (Wildman–Crippen LogP) is 4.08. The smallest absolute Gasteiger partial charge is 0.294 e. The summed E-state index contributed by atoms with van der Waals surface area (Å²) in [7, 11) is 0. The third-order valence-corrected chi connectivity index (χ3v) is 4.35. The first-order valence-electron chi connectivity index (χ1n) is 8.09. The number of anilines is 1. The van der Waals surface area contributed by atoms with E-state index in [1.165, 1.54) is 37.5 Å². The van der Waals surface area contributed by atoms with Gasteiger partial charge in [0.05, 0.1) is 11.5 Å². The Hall–Kier alpha value is -2.38. The summed E-state index contributed by atoms with van der Waals surface area (Å²) in [6, 6.07) is 7.42. The quantitative estimate of drug-likeness (QED) is 0.638. The van der Waals surface area contributed by atoms with Crippen molar-refractivity contribution in [3.05, 3.63) is 57.0 Å². The summed E-state index contributed by atoms with van der Waals surface area (Å²) in [5.74, 6) is 0.296. The maximum Gasteiger partial charge on any atom is 0.294 e. The minimum atomic E-state index is -0.592. The third-order valence-electron chi connectivity index (χ3n) is 4.12. The van der Waals surface area contributed by atoms with Gasteiger partial charge in [-0.3, -0.25) is 19.8 Å². The van der Waals surface area contributed by atoms with Gasteiger partial charge in [-0.15, -0.1) is 0 Å². The number of furan rings is 1. The van der Waals surface area contributed by atoms with Crippen molar-refractivity contribution in [1.29, 1.82) is 0 Å². The van der Waals surface area contributed by atoms with Gasteiger partial charge in [0.25, 0.3) is 11.6 Å². The number of hydrogen-bond acceptors (Lipinski definition) is 5. The molecule has 25 heavy (non-hydrogen) atoms. The zero-order chi connectivity index (χ0) is 17.8. The monoisotopic (exact) mass is 363 g/mol. The van der Waals surface area contributed by atoms with E-state index in [-0.39, 0.29) is 22.2 Å². The van der Waals surface area contributed by atoms with Crippen molar-refractivity contribution < 1.29 is 14.1 Å². The van der Waals surface area contributed by atoms with Crippen LogP contribution in [0.3, 0.4) is 0 Å². The van der Waals surface area contributed by atoms with E-state index in [0.717, 1.165) is 13.1 Å². The molecule has 1 aliphatic rings. The fraction of sp³-hybridized carbons (Fsp3) is 0.353. The number of carbonyl (C=O) groups is 1. The lowest BCUT2D eigenvalue weighted by Gasteiger charge is -2.25. The summed E-state index contributed by atoms with van der Waals surface area (Å²) < 4.78 is 5.59. The number of nitrogens with one attached hydrogen (secondary N) is 1. The molecule has 2 aromatic rings. The largest absolute Gasteiger partial charge is 0.455 e. The first-order valence-corrected chi connectivity index (χ1v) is 8.47. The van der Waals surface area contributed by atoms with Crippen LogP contribution in [0.5, 0.6) is 0 Å². The average molecular weight is 364 g/mol. The Kier molecular flexibility index (Phi) is 5.35. The Morgan fingerprint density at radius 2 is 2.00 bits per heavy atom. The summed E-state index contributed by atoms with van der Waals surface area (Å²) >= 11 is 5.77. The fourth-order valence-electron chi connectivity index (χ4n) is 2.87. The van der Waals surface area contributed by atoms with Gasteiger partial charge in [-0.2, -0.15) is 0 Å². The summed E-state index contributed by atoms with van der Waals surface area (Å²) in [6.45, 7) is 2.72. The molecule has 0 aliphatic carbocycles. The van der Waals surface area contributed by atoms with E-state index in [9.17, 15) is 14.9 Å². The normalized spacial score (nSPS) is 15.1. The maximum atomic E-state index is 12.3. The van der Waals surface area contributed by atoms with Crippen LogP contribution in [0.2, 0.25) is 5.02 Å². The number of carbonyl (C=O) groups excluding carboxylic acids is 1. The molecule has 1 saturated heterocycles. The zero-order valence-electron chi connectivity index (χ0n) is 13.5. The number of nitro groups is 1. The number of nitro benzene ring substituents is 1. The number of nitrogens with zero attached hydrogens (tertiary/aromatic N) is 2. The highest BCUT2D eigenvalue weighted by molar-refractivity contribution is 6.31. The van der Waals surface area contributed by atoms with Crippen LogP contribution < -0.4 is 5.32 Å². The topological polar surface area (TPSA) is 88.6 Å². The number of amides is 1. The molecule has 0 atom stereocenters. The number of hydrogen-bond donors (Lipinski definition) is 1. The Morgan fingerprint density at radius 3 is 2.72 bits per heavy atom. The molecule has 1 aliphatic heterocycles. The summed E-state index contributed by atoms with van der Waals surface area (Å²) in [6.07, 6.45) is 3.60. The van der Waals surface area contributed by atoms with Gasteiger partial charge in [0.15, 0.2) is 5.76 Å². The molecule has 1 fully saturated rings. The van der Waals surface area contributed by atoms with Gasteiger partial charge in [-0.05, 0) is 50.2 Å². The Labute approximate surface area is 149 Å². The molecule has 2 heterocycles. The Morgan fingerprint density at radius 1 is 1.24 bits per heavy atom. The van der Waals surface area contributed by atoms with Crippen molar-refractivity contribution in [3.8, 4) is 0 Å². The lowest BCUT2D eigenvalue weighted by atomic mass is 10.1. The Bertz CT molecular complexity index is 784. The van der Waals surface area contributed by atoms with Crippen molar-refractivity contribution >= 4 is 28.9 Å². The predicted molar refractivity (Wildman–Crippen MR) is 93.9 cm³/mol. The molecule has 1 aromatic heterocycles. The molecule has 0 spiro atoms. The summed E-state index contributed by atoms with van der Waals surface area (Å²) in [5.41, 5.74) is -0.186. The fourth-order valence-corrected chi connectivity index (χ4v) is 3.03. The lowest BCUT2D eigenvalue weighted by molar-refractivity contribution is -0.383. The van der Waals surface area contributed by atoms with Crippen molar-refractivity contribution in [2.24, 2.45) is 0 Å². The number of piperidine rings is 1. The molecule has 1 N–H and O–H groups in total. The zero-order valence-corrected chi connectivity index (χ0v) is 14.3. The van der Waals surface area contributed by atoms with Crippen molar-refractivity contribution in [3.63, 3.8) is 0 Å². The van der Waals surface area contributed by atoms with Crippen LogP contribution in [0.4, 0.5) is 11.4 Å². The van der Waals surface area contributed by atoms with Crippen molar-refractivity contribution in [1.82, 2.24) is 4.90 Å². The standard InChI is InChI=1S/C17H18ClN3O4/c18-12-4-6-14(15(10-12)21(23)24)19-17(22)16-7-5-13(25-16)11-20-8-2-1-3-9-20/h4-7,10H,1-3,8-9,11H2,(H,19,22). The molecular formula is C17H18ClN3O4. The maximum absolute atomic E-state index is 12.3. The molecule has 7 nitrogen and oxygen atoms in total. The molecular weight excluding hydrogens is 346 g/mol. The number of likely N-dealkylation sites (tertiary alicyclic amines) is 1. The van der Waals surface area contributed by atoms with Crippen LogP contribution >= 0.6 is 11.6 Å². The van der Waals surface area contributed by atoms with E-state index in [4.69, 9.17) is 16.0 Å². The second-order valence-corrected chi connectivity index (χ2v) is 6.41. The lowest BCUT2D eigenvalue weighted by Crippen LogP contribution is -2.28.